The van der Waals surface area contributed by atoms with Crippen LogP contribution in [0.25, 0.3) is 0 Å². The Bertz CT molecular complexity index is 744. The Balaban J connectivity index is 0.00000104. The summed E-state index contributed by atoms with van der Waals surface area (Å²) in [5.41, 5.74) is 0.586. The Hall–Kier alpha value is -2.70. The number of esters is 2. The quantitative estimate of drug-likeness (QED) is 0.133. The molecule has 0 aliphatic carbocycles. The minimum atomic E-state index is -0.444. The van der Waals surface area contributed by atoms with Crippen LogP contribution in [0.15, 0.2) is 60.7 Å². The number of aliphatic hydroxyl groups is 2. The van der Waals surface area contributed by atoms with Gasteiger partial charge in [0.2, 0.25) is 0 Å². The fourth-order valence-corrected chi connectivity index (χ4v) is 3.70. The molecule has 0 atom stereocenters. The maximum atomic E-state index is 12.4. The number of rotatable bonds is 19. The van der Waals surface area contributed by atoms with E-state index < -0.39 is 11.9 Å². The summed E-state index contributed by atoms with van der Waals surface area (Å²) >= 11 is 0. The largest absolute Gasteiger partial charge is 0.462 e. The average molecular weight is 559 g/mol. The van der Waals surface area contributed by atoms with Crippen molar-refractivity contribution in [2.75, 3.05) is 26.4 Å². The van der Waals surface area contributed by atoms with Crippen LogP contribution in [0.1, 0.15) is 124 Å². The Morgan fingerprint density at radius 1 is 0.500 bits per heavy atom. The lowest BCUT2D eigenvalue weighted by Gasteiger charge is -2.10. The molecule has 0 aromatic heterocycles. The smallest absolute Gasteiger partial charge is 0.339 e. The first-order valence-corrected chi connectivity index (χ1v) is 15.3. The lowest BCUT2D eigenvalue weighted by atomic mass is 10.1. The first-order valence-electron chi connectivity index (χ1n) is 15.3. The highest BCUT2D eigenvalue weighted by Gasteiger charge is 2.18. The lowest BCUT2D eigenvalue weighted by Crippen LogP contribution is -2.15. The van der Waals surface area contributed by atoms with Crippen molar-refractivity contribution in [3.05, 3.63) is 71.8 Å². The van der Waals surface area contributed by atoms with Crippen LogP contribution in [0.5, 0.6) is 0 Å². The average Bonchev–Trinajstić information content (AvgIpc) is 3.00. The molecule has 0 heterocycles. The van der Waals surface area contributed by atoms with E-state index >= 15 is 0 Å². The Morgan fingerprint density at radius 3 is 1.15 bits per heavy atom. The van der Waals surface area contributed by atoms with E-state index in [0.717, 1.165) is 38.5 Å². The van der Waals surface area contributed by atoms with Gasteiger partial charge in [-0.3, -0.25) is 0 Å². The fraction of sp³-hybridized carbons (Fsp3) is 0.588. The predicted molar refractivity (Wildman–Crippen MR) is 164 cm³/mol. The van der Waals surface area contributed by atoms with Gasteiger partial charge in [-0.2, -0.15) is 0 Å². The van der Waals surface area contributed by atoms with Crippen LogP contribution in [0.4, 0.5) is 0 Å². The highest BCUT2D eigenvalue weighted by Crippen LogP contribution is 2.14. The molecule has 6 heteroatoms. The number of benzene rings is 2. The number of carbonyl (C=O) groups excluding carboxylic acids is 2. The van der Waals surface area contributed by atoms with Gasteiger partial charge in [-0.1, -0.05) is 127 Å². The highest BCUT2D eigenvalue weighted by atomic mass is 16.5. The molecule has 0 aliphatic rings. The second-order valence-corrected chi connectivity index (χ2v) is 9.66. The minimum Gasteiger partial charge on any atom is -0.462 e. The van der Waals surface area contributed by atoms with E-state index in [0.29, 0.717) is 24.3 Å². The number of aliphatic hydroxyl groups excluding tert-OH is 2. The van der Waals surface area contributed by atoms with Crippen molar-refractivity contribution in [3.63, 3.8) is 0 Å². The molecule has 2 N–H and O–H groups in total. The van der Waals surface area contributed by atoms with E-state index in [2.05, 4.69) is 13.8 Å². The number of hydrogen-bond acceptors (Lipinski definition) is 6. The van der Waals surface area contributed by atoms with Crippen molar-refractivity contribution < 1.29 is 29.3 Å². The third-order valence-electron chi connectivity index (χ3n) is 6.06. The van der Waals surface area contributed by atoms with Gasteiger partial charge in [-0.05, 0) is 37.8 Å². The molecule has 0 amide bonds. The fourth-order valence-electron chi connectivity index (χ4n) is 3.70. The molecule has 6 nitrogen and oxygen atoms in total. The van der Waals surface area contributed by atoms with Crippen LogP contribution in [0.2, 0.25) is 0 Å². The van der Waals surface area contributed by atoms with E-state index in [1.54, 1.807) is 24.3 Å². The van der Waals surface area contributed by atoms with Gasteiger partial charge in [-0.15, -0.1) is 0 Å². The molecule has 0 saturated heterocycles. The minimum absolute atomic E-state index is 0.195. The molecule has 0 fully saturated rings. The van der Waals surface area contributed by atoms with Gasteiger partial charge < -0.3 is 19.7 Å². The zero-order valence-electron chi connectivity index (χ0n) is 25.0. The summed E-state index contributed by atoms with van der Waals surface area (Å²) in [5.74, 6) is -0.888. The molecule has 2 aromatic rings. The van der Waals surface area contributed by atoms with Gasteiger partial charge in [-0.25, -0.2) is 9.59 Å². The van der Waals surface area contributed by atoms with Crippen LogP contribution in [-0.4, -0.2) is 48.6 Å². The summed E-state index contributed by atoms with van der Waals surface area (Å²) in [6.45, 7) is 5.56. The Labute approximate surface area is 243 Å². The van der Waals surface area contributed by atoms with Crippen LogP contribution >= 0.6 is 0 Å². The molecule has 226 valence electrons. The van der Waals surface area contributed by atoms with Gasteiger partial charge in [0.1, 0.15) is 0 Å². The summed E-state index contributed by atoms with van der Waals surface area (Å²) in [6, 6.07) is 18.7. The van der Waals surface area contributed by atoms with E-state index in [1.807, 2.05) is 36.4 Å². The molecule has 0 aliphatic heterocycles. The number of ether oxygens (including phenoxy) is 2. The zero-order valence-corrected chi connectivity index (χ0v) is 25.0. The molecule has 0 radical (unpaired) electrons. The highest BCUT2D eigenvalue weighted by molar-refractivity contribution is 6.03. The SMILES string of the molecule is CCCCCCCCOC(=O)c1ccccc1C(=O)OCCCCCCCC.OCCCCO.c1ccccc1. The van der Waals surface area contributed by atoms with Crippen LogP contribution in [0.3, 0.4) is 0 Å². The van der Waals surface area contributed by atoms with Gasteiger partial charge in [0.05, 0.1) is 24.3 Å². The predicted octanol–water partition coefficient (Wildman–Crippen LogP) is 8.16. The number of unbranched alkanes of at least 4 members (excludes halogenated alkanes) is 11. The van der Waals surface area contributed by atoms with E-state index in [1.165, 1.54) is 51.4 Å². The van der Waals surface area contributed by atoms with Crippen molar-refractivity contribution >= 4 is 11.9 Å². The first-order chi connectivity index (χ1) is 19.6. The number of hydrogen-bond donors (Lipinski definition) is 2. The van der Waals surface area contributed by atoms with Crippen molar-refractivity contribution in [2.45, 2.75) is 104 Å². The van der Waals surface area contributed by atoms with Crippen molar-refractivity contribution in [1.82, 2.24) is 0 Å². The van der Waals surface area contributed by atoms with Crippen LogP contribution in [-0.2, 0) is 9.47 Å². The topological polar surface area (TPSA) is 93.1 Å². The molecule has 2 aromatic carbocycles. The lowest BCUT2D eigenvalue weighted by molar-refractivity contribution is 0.0450. The van der Waals surface area contributed by atoms with Gasteiger partial charge in [0.15, 0.2) is 0 Å². The third kappa shape index (κ3) is 22.2. The first kappa shape index (κ1) is 37.3. The van der Waals surface area contributed by atoms with Crippen molar-refractivity contribution in [3.8, 4) is 0 Å². The van der Waals surface area contributed by atoms with Gasteiger partial charge in [0, 0.05) is 13.2 Å². The summed E-state index contributed by atoms with van der Waals surface area (Å²) in [7, 11) is 0. The van der Waals surface area contributed by atoms with Gasteiger partial charge in [0.25, 0.3) is 0 Å². The summed E-state index contributed by atoms with van der Waals surface area (Å²) in [4.78, 5) is 24.7. The number of carbonyl (C=O) groups is 2. The molecule has 0 saturated carbocycles. The summed E-state index contributed by atoms with van der Waals surface area (Å²) < 4.78 is 10.7. The van der Waals surface area contributed by atoms with E-state index in [-0.39, 0.29) is 13.2 Å². The maximum Gasteiger partial charge on any atom is 0.339 e. The van der Waals surface area contributed by atoms with Gasteiger partial charge >= 0.3 is 11.9 Å². The normalized spacial score (nSPS) is 10.0. The summed E-state index contributed by atoms with van der Waals surface area (Å²) in [6.07, 6.45) is 15.1. The molecule has 2 rings (SSSR count). The second-order valence-electron chi connectivity index (χ2n) is 9.66. The Morgan fingerprint density at radius 2 is 0.825 bits per heavy atom. The molecule has 0 spiro atoms. The third-order valence-corrected chi connectivity index (χ3v) is 6.06. The molecular formula is C34H54O6. The second kappa shape index (κ2) is 29.3. The Kier molecular flexibility index (Phi) is 27.3. The molecular weight excluding hydrogens is 504 g/mol. The van der Waals surface area contributed by atoms with Crippen molar-refractivity contribution in [2.24, 2.45) is 0 Å². The van der Waals surface area contributed by atoms with E-state index in [9.17, 15) is 9.59 Å². The standard InChI is InChI=1S/C24H38O4.C6H6.C4H10O2/c1-3-5-7-9-11-15-19-27-23(25)21-17-13-14-18-22(21)24(26)28-20-16-12-10-8-6-4-2;1-2-4-6-5-3-1;5-3-1-2-4-6/h13-14,17-18H,3-12,15-16,19-20H2,1-2H3;1-6H;5-6H,1-4H2. The molecule has 0 unspecified atom stereocenters. The molecule has 40 heavy (non-hydrogen) atoms. The maximum absolute atomic E-state index is 12.4. The monoisotopic (exact) mass is 558 g/mol. The van der Waals surface area contributed by atoms with E-state index in [4.69, 9.17) is 19.7 Å². The molecule has 0 bridgehead atoms. The zero-order chi connectivity index (χ0) is 29.5. The summed E-state index contributed by atoms with van der Waals surface area (Å²) in [5, 5.41) is 16.2. The van der Waals surface area contributed by atoms with Crippen LogP contribution in [0, 0.1) is 0 Å². The van der Waals surface area contributed by atoms with Crippen molar-refractivity contribution in [1.29, 1.82) is 0 Å². The van der Waals surface area contributed by atoms with Crippen LogP contribution < -0.4 is 0 Å².